The average Bonchev–Trinajstić information content (AvgIpc) is 2.02. The molecule has 1 nitrogen and oxygen atoms in total. The van der Waals surface area contributed by atoms with Gasteiger partial charge in [0.2, 0.25) is 0 Å². The van der Waals surface area contributed by atoms with Crippen molar-refractivity contribution in [2.75, 3.05) is 0 Å². The molecule has 0 aromatic heterocycles. The summed E-state index contributed by atoms with van der Waals surface area (Å²) in [4.78, 5) is 0. The van der Waals surface area contributed by atoms with Crippen molar-refractivity contribution in [2.24, 2.45) is 5.73 Å². The van der Waals surface area contributed by atoms with Crippen LogP contribution in [0.4, 0.5) is 8.78 Å². The summed E-state index contributed by atoms with van der Waals surface area (Å²) in [6.45, 7) is 0. The highest BCUT2D eigenvalue weighted by Gasteiger charge is 2.67. The second-order valence-corrected chi connectivity index (χ2v) is 4.80. The third-order valence-electron chi connectivity index (χ3n) is 3.57. The molecule has 1 aromatic rings. The van der Waals surface area contributed by atoms with Gasteiger partial charge in [0.05, 0.1) is 0 Å². The summed E-state index contributed by atoms with van der Waals surface area (Å²) in [5, 5.41) is 0. The van der Waals surface area contributed by atoms with E-state index in [1.807, 2.05) is 0 Å². The first kappa shape index (κ1) is 8.36. The molecule has 3 aliphatic carbocycles. The average molecular weight is 195 g/mol. The zero-order valence-electron chi connectivity index (χ0n) is 7.69. The maximum atomic E-state index is 13.4. The molecule has 3 aliphatic rings. The molecule has 74 valence electrons. The molecular weight excluding hydrogens is 184 g/mol. The molecule has 3 saturated carbocycles. The first-order valence-corrected chi connectivity index (χ1v) is 4.78. The zero-order chi connectivity index (χ0) is 9.97. The van der Waals surface area contributed by atoms with E-state index in [9.17, 15) is 8.78 Å². The SMILES string of the molecule is NC12CC(c3cc(F)ccc3F)(C1)C2. The van der Waals surface area contributed by atoms with E-state index in [1.165, 1.54) is 12.1 Å². The summed E-state index contributed by atoms with van der Waals surface area (Å²) in [6.07, 6.45) is 2.42. The fourth-order valence-corrected chi connectivity index (χ4v) is 3.06. The van der Waals surface area contributed by atoms with Crippen molar-refractivity contribution in [3.63, 3.8) is 0 Å². The van der Waals surface area contributed by atoms with Crippen molar-refractivity contribution in [1.29, 1.82) is 0 Å². The number of rotatable bonds is 1. The number of benzene rings is 1. The Morgan fingerprint density at radius 3 is 2.36 bits per heavy atom. The molecule has 0 spiro atoms. The third kappa shape index (κ3) is 0.857. The molecule has 0 amide bonds. The molecule has 2 N–H and O–H groups in total. The van der Waals surface area contributed by atoms with E-state index in [2.05, 4.69) is 0 Å². The van der Waals surface area contributed by atoms with Gasteiger partial charge in [-0.3, -0.25) is 0 Å². The molecule has 0 aliphatic heterocycles. The quantitative estimate of drug-likeness (QED) is 0.729. The highest BCUT2D eigenvalue weighted by molar-refractivity contribution is 5.42. The van der Waals surface area contributed by atoms with Gasteiger partial charge in [0, 0.05) is 11.0 Å². The second-order valence-electron chi connectivity index (χ2n) is 4.80. The van der Waals surface area contributed by atoms with Gasteiger partial charge in [-0.15, -0.1) is 0 Å². The van der Waals surface area contributed by atoms with Gasteiger partial charge in [0.1, 0.15) is 11.6 Å². The molecule has 1 aromatic carbocycles. The van der Waals surface area contributed by atoms with Crippen molar-refractivity contribution >= 4 is 0 Å². The fourth-order valence-electron chi connectivity index (χ4n) is 3.06. The van der Waals surface area contributed by atoms with Crippen LogP contribution in [0.2, 0.25) is 0 Å². The Hall–Kier alpha value is -0.960. The Morgan fingerprint density at radius 2 is 1.79 bits per heavy atom. The topological polar surface area (TPSA) is 26.0 Å². The van der Waals surface area contributed by atoms with Crippen LogP contribution in [0.1, 0.15) is 24.8 Å². The zero-order valence-corrected chi connectivity index (χ0v) is 7.69. The van der Waals surface area contributed by atoms with Gasteiger partial charge < -0.3 is 5.73 Å². The highest BCUT2D eigenvalue weighted by Crippen LogP contribution is 2.66. The normalized spacial score (nSPS) is 38.8. The summed E-state index contributed by atoms with van der Waals surface area (Å²) in [6, 6.07) is 3.67. The lowest BCUT2D eigenvalue weighted by Gasteiger charge is -2.69. The summed E-state index contributed by atoms with van der Waals surface area (Å²) in [5.41, 5.74) is 6.19. The van der Waals surface area contributed by atoms with Crippen molar-refractivity contribution in [1.82, 2.24) is 0 Å². The summed E-state index contributed by atoms with van der Waals surface area (Å²) in [5.74, 6) is -0.662. The van der Waals surface area contributed by atoms with Crippen molar-refractivity contribution < 1.29 is 8.78 Å². The molecule has 0 heterocycles. The van der Waals surface area contributed by atoms with Crippen LogP contribution in [0.3, 0.4) is 0 Å². The van der Waals surface area contributed by atoms with Gasteiger partial charge >= 0.3 is 0 Å². The minimum Gasteiger partial charge on any atom is -0.325 e. The first-order valence-electron chi connectivity index (χ1n) is 4.78. The van der Waals surface area contributed by atoms with Gasteiger partial charge in [-0.25, -0.2) is 8.78 Å². The van der Waals surface area contributed by atoms with Crippen LogP contribution in [0.25, 0.3) is 0 Å². The number of halogens is 2. The number of hydrogen-bond donors (Lipinski definition) is 1. The lowest BCUT2D eigenvalue weighted by atomic mass is 9.38. The molecule has 3 heteroatoms. The number of hydrogen-bond acceptors (Lipinski definition) is 1. The van der Waals surface area contributed by atoms with Gasteiger partial charge in [-0.05, 0) is 43.0 Å². The maximum Gasteiger partial charge on any atom is 0.127 e. The van der Waals surface area contributed by atoms with E-state index in [4.69, 9.17) is 5.73 Å². The Bertz CT molecular complexity index is 394. The molecule has 0 saturated heterocycles. The largest absolute Gasteiger partial charge is 0.325 e. The van der Waals surface area contributed by atoms with Gasteiger partial charge in [-0.1, -0.05) is 0 Å². The molecule has 0 radical (unpaired) electrons. The van der Waals surface area contributed by atoms with Crippen LogP contribution in [0, 0.1) is 11.6 Å². The predicted molar refractivity (Wildman–Crippen MR) is 48.8 cm³/mol. The second kappa shape index (κ2) is 2.16. The molecular formula is C11H11F2N. The Balaban J connectivity index is 2.01. The molecule has 0 atom stereocenters. The van der Waals surface area contributed by atoms with E-state index >= 15 is 0 Å². The fraction of sp³-hybridized carbons (Fsp3) is 0.455. The Morgan fingerprint density at radius 1 is 1.14 bits per heavy atom. The molecule has 3 fully saturated rings. The third-order valence-corrected chi connectivity index (χ3v) is 3.57. The van der Waals surface area contributed by atoms with E-state index in [1.54, 1.807) is 0 Å². The Labute approximate surface area is 80.9 Å². The molecule has 0 unspecified atom stereocenters. The maximum absolute atomic E-state index is 13.4. The van der Waals surface area contributed by atoms with E-state index < -0.39 is 0 Å². The van der Waals surface area contributed by atoms with Crippen LogP contribution in [0.5, 0.6) is 0 Å². The lowest BCUT2D eigenvalue weighted by Crippen LogP contribution is -2.74. The Kier molecular flexibility index (Phi) is 1.29. The summed E-state index contributed by atoms with van der Waals surface area (Å²) in [7, 11) is 0. The van der Waals surface area contributed by atoms with Gasteiger partial charge in [-0.2, -0.15) is 0 Å². The van der Waals surface area contributed by atoms with Crippen molar-refractivity contribution in [3.8, 4) is 0 Å². The predicted octanol–water partition coefficient (Wildman–Crippen LogP) is 2.10. The van der Waals surface area contributed by atoms with Gasteiger partial charge in [0.25, 0.3) is 0 Å². The van der Waals surface area contributed by atoms with E-state index in [-0.39, 0.29) is 22.6 Å². The molecule has 4 rings (SSSR count). The van der Waals surface area contributed by atoms with Crippen molar-refractivity contribution in [3.05, 3.63) is 35.4 Å². The van der Waals surface area contributed by atoms with Gasteiger partial charge in [0.15, 0.2) is 0 Å². The van der Waals surface area contributed by atoms with Crippen LogP contribution in [-0.4, -0.2) is 5.54 Å². The molecule has 2 bridgehead atoms. The summed E-state index contributed by atoms with van der Waals surface area (Å²) >= 11 is 0. The van der Waals surface area contributed by atoms with Crippen LogP contribution in [-0.2, 0) is 5.41 Å². The number of nitrogens with two attached hydrogens (primary N) is 1. The standard InChI is InChI=1S/C11H11F2N/c12-7-1-2-9(13)8(3-7)10-4-11(14,5-10)6-10/h1-3H,4-6,14H2. The van der Waals surface area contributed by atoms with Crippen LogP contribution >= 0.6 is 0 Å². The smallest absolute Gasteiger partial charge is 0.127 e. The van der Waals surface area contributed by atoms with E-state index in [0.717, 1.165) is 25.3 Å². The van der Waals surface area contributed by atoms with Crippen LogP contribution in [0.15, 0.2) is 18.2 Å². The lowest BCUT2D eigenvalue weighted by molar-refractivity contribution is -0.0614. The summed E-state index contributed by atoms with van der Waals surface area (Å²) < 4.78 is 26.4. The van der Waals surface area contributed by atoms with E-state index in [0.29, 0.717) is 5.56 Å². The highest BCUT2D eigenvalue weighted by atomic mass is 19.1. The van der Waals surface area contributed by atoms with Crippen LogP contribution < -0.4 is 5.73 Å². The molecule has 14 heavy (non-hydrogen) atoms. The van der Waals surface area contributed by atoms with Crippen molar-refractivity contribution in [2.45, 2.75) is 30.2 Å². The first-order chi connectivity index (χ1) is 6.53. The minimum absolute atomic E-state index is 0.0707. The monoisotopic (exact) mass is 195 g/mol. The minimum atomic E-state index is -0.364.